The molecule has 0 radical (unpaired) electrons. The molecule has 5 unspecified atom stereocenters. The third kappa shape index (κ3) is 12.3. The number of hydrogen-bond donors (Lipinski definition) is 9. The van der Waals surface area contributed by atoms with Gasteiger partial charge in [0.1, 0.15) is 24.2 Å². The summed E-state index contributed by atoms with van der Waals surface area (Å²) in [4.78, 5) is 52.5. The lowest BCUT2D eigenvalue weighted by molar-refractivity contribution is -0.142. The second-order valence-electron chi connectivity index (χ2n) is 7.20. The van der Waals surface area contributed by atoms with E-state index >= 15 is 0 Å². The molecule has 0 rings (SSSR count). The van der Waals surface area contributed by atoms with E-state index < -0.39 is 60.6 Å². The largest absolute Gasteiger partial charge is 0.480 e. The number of nitrogens with two attached hydrogens (primary N) is 3. The number of aliphatic hydroxyl groups excluding tert-OH is 2. The van der Waals surface area contributed by atoms with Crippen LogP contribution in [0.1, 0.15) is 26.2 Å². The highest BCUT2D eigenvalue weighted by Crippen LogP contribution is 2.04. The Morgan fingerprint density at radius 1 is 0.970 bits per heavy atom. The van der Waals surface area contributed by atoms with Crippen LogP contribution < -0.4 is 33.2 Å². The van der Waals surface area contributed by atoms with Crippen LogP contribution in [-0.4, -0.2) is 100 Å². The third-order valence-corrected chi connectivity index (χ3v) is 5.09. The van der Waals surface area contributed by atoms with Crippen molar-refractivity contribution in [2.24, 2.45) is 22.2 Å². The van der Waals surface area contributed by atoms with Gasteiger partial charge in [0.05, 0.1) is 12.7 Å². The van der Waals surface area contributed by atoms with E-state index in [-0.39, 0.29) is 31.8 Å². The van der Waals surface area contributed by atoms with Crippen molar-refractivity contribution < 1.29 is 34.5 Å². The highest BCUT2D eigenvalue weighted by atomic mass is 32.2. The SMILES string of the molecule is CSCCC(NC(=O)C(CO)NC(=O)C(CCCN=C(N)N)NC(=O)C(N)C(C)O)C(=O)O. The number of thioether (sulfide) groups is 1. The Hall–Kier alpha value is -2.62. The maximum Gasteiger partial charge on any atom is 0.326 e. The number of carboxylic acids is 1. The van der Waals surface area contributed by atoms with Gasteiger partial charge in [-0.2, -0.15) is 11.8 Å². The quantitative estimate of drug-likeness (QED) is 0.0569. The summed E-state index contributed by atoms with van der Waals surface area (Å²) in [5.74, 6) is -3.46. The summed E-state index contributed by atoms with van der Waals surface area (Å²) in [5.41, 5.74) is 16.1. The van der Waals surface area contributed by atoms with E-state index in [2.05, 4.69) is 20.9 Å². The average Bonchev–Trinajstić information content (AvgIpc) is 2.75. The maximum absolute atomic E-state index is 12.7. The Morgan fingerprint density at radius 2 is 1.52 bits per heavy atom. The molecule has 0 aromatic carbocycles. The molecule has 0 aromatic rings. The fourth-order valence-electron chi connectivity index (χ4n) is 2.49. The van der Waals surface area contributed by atoms with Gasteiger partial charge in [-0.05, 0) is 38.2 Å². The van der Waals surface area contributed by atoms with E-state index in [0.29, 0.717) is 5.75 Å². The van der Waals surface area contributed by atoms with Gasteiger partial charge in [-0.3, -0.25) is 19.4 Å². The number of carbonyl (C=O) groups is 4. The number of carbonyl (C=O) groups excluding carboxylic acids is 3. The predicted octanol–water partition coefficient (Wildman–Crippen LogP) is -3.97. The van der Waals surface area contributed by atoms with E-state index in [0.717, 1.165) is 0 Å². The number of aliphatic imine (C=N–C) groups is 1. The second kappa shape index (κ2) is 16.1. The molecule has 3 amide bonds. The monoisotopic (exact) mass is 493 g/mol. The minimum atomic E-state index is -1.46. The molecule has 0 bridgehead atoms. The first-order valence-electron chi connectivity index (χ1n) is 10.2. The molecule has 0 saturated heterocycles. The zero-order chi connectivity index (χ0) is 25.6. The van der Waals surface area contributed by atoms with E-state index in [1.165, 1.54) is 18.7 Å². The van der Waals surface area contributed by atoms with Gasteiger partial charge in [0.25, 0.3) is 0 Å². The van der Waals surface area contributed by atoms with E-state index in [1.54, 1.807) is 6.26 Å². The number of nitrogens with zero attached hydrogens (tertiary/aromatic N) is 1. The van der Waals surface area contributed by atoms with Gasteiger partial charge < -0.3 is 48.5 Å². The Labute approximate surface area is 196 Å². The van der Waals surface area contributed by atoms with Crippen LogP contribution >= 0.6 is 11.8 Å². The molecular formula is C18H35N7O7S. The smallest absolute Gasteiger partial charge is 0.326 e. The van der Waals surface area contributed by atoms with Gasteiger partial charge in [0.15, 0.2) is 5.96 Å². The first-order chi connectivity index (χ1) is 15.4. The number of aliphatic carboxylic acids is 1. The molecule has 33 heavy (non-hydrogen) atoms. The number of aliphatic hydroxyl groups is 2. The summed E-state index contributed by atoms with van der Waals surface area (Å²) in [6.45, 7) is 0.651. The maximum atomic E-state index is 12.7. The van der Waals surface area contributed by atoms with Gasteiger partial charge in [0.2, 0.25) is 17.7 Å². The first-order valence-corrected chi connectivity index (χ1v) is 11.6. The van der Waals surface area contributed by atoms with E-state index in [9.17, 15) is 34.5 Å². The zero-order valence-electron chi connectivity index (χ0n) is 18.7. The summed E-state index contributed by atoms with van der Waals surface area (Å²) in [5, 5.41) is 35.2. The molecule has 5 atom stereocenters. The van der Waals surface area contributed by atoms with Crippen molar-refractivity contribution in [3.63, 3.8) is 0 Å². The summed E-state index contributed by atoms with van der Waals surface area (Å²) in [7, 11) is 0. The minimum Gasteiger partial charge on any atom is -0.480 e. The highest BCUT2D eigenvalue weighted by Gasteiger charge is 2.30. The first kappa shape index (κ1) is 30.4. The molecule has 0 aliphatic rings. The van der Waals surface area contributed by atoms with Crippen molar-refractivity contribution in [1.29, 1.82) is 0 Å². The molecule has 0 saturated carbocycles. The Bertz CT molecular complexity index is 689. The fourth-order valence-corrected chi connectivity index (χ4v) is 2.96. The summed E-state index contributed by atoms with van der Waals surface area (Å²) < 4.78 is 0. The topological polar surface area (TPSA) is 255 Å². The second-order valence-corrected chi connectivity index (χ2v) is 8.19. The number of rotatable bonds is 16. The van der Waals surface area contributed by atoms with Crippen molar-refractivity contribution in [3.8, 4) is 0 Å². The van der Waals surface area contributed by atoms with Crippen LogP contribution in [0.25, 0.3) is 0 Å². The van der Waals surface area contributed by atoms with Crippen LogP contribution in [0.3, 0.4) is 0 Å². The van der Waals surface area contributed by atoms with Gasteiger partial charge in [0, 0.05) is 6.54 Å². The number of amides is 3. The average molecular weight is 494 g/mol. The van der Waals surface area contributed by atoms with E-state index in [4.69, 9.17) is 17.2 Å². The summed E-state index contributed by atoms with van der Waals surface area (Å²) >= 11 is 1.40. The molecule has 0 aliphatic carbocycles. The number of carboxylic acid groups (broad SMARTS) is 1. The number of guanidine groups is 1. The lowest BCUT2D eigenvalue weighted by atomic mass is 10.1. The minimum absolute atomic E-state index is 0.0477. The Balaban J connectivity index is 5.30. The Morgan fingerprint density at radius 3 is 2.00 bits per heavy atom. The van der Waals surface area contributed by atoms with Crippen LogP contribution in [-0.2, 0) is 19.2 Å². The molecule has 0 heterocycles. The normalized spacial score (nSPS) is 15.3. The van der Waals surface area contributed by atoms with Crippen LogP contribution in [0.5, 0.6) is 0 Å². The highest BCUT2D eigenvalue weighted by molar-refractivity contribution is 7.98. The molecule has 15 heteroatoms. The Kier molecular flexibility index (Phi) is 14.8. The predicted molar refractivity (Wildman–Crippen MR) is 123 cm³/mol. The van der Waals surface area contributed by atoms with Crippen LogP contribution in [0.2, 0.25) is 0 Å². The summed E-state index contributed by atoms with van der Waals surface area (Å²) in [6, 6.07) is -5.15. The summed E-state index contributed by atoms with van der Waals surface area (Å²) in [6.07, 6.45) is 1.07. The molecule has 0 fully saturated rings. The molecule has 190 valence electrons. The van der Waals surface area contributed by atoms with Crippen molar-refractivity contribution >= 4 is 41.4 Å². The fraction of sp³-hybridized carbons (Fsp3) is 0.722. The van der Waals surface area contributed by atoms with Gasteiger partial charge >= 0.3 is 5.97 Å². The number of hydrogen-bond acceptors (Lipinski definition) is 9. The van der Waals surface area contributed by atoms with Crippen LogP contribution in [0.15, 0.2) is 4.99 Å². The lowest BCUT2D eigenvalue weighted by Gasteiger charge is -2.24. The molecule has 12 N–H and O–H groups in total. The van der Waals surface area contributed by atoms with Crippen molar-refractivity contribution in [2.75, 3.05) is 25.2 Å². The van der Waals surface area contributed by atoms with Gasteiger partial charge in [-0.25, -0.2) is 4.79 Å². The van der Waals surface area contributed by atoms with E-state index in [1.807, 2.05) is 0 Å². The standard InChI is InChI=1S/C18H35N7O7S/c1-9(27)13(19)16(30)23-10(4-3-6-22-18(20)21)14(28)25-12(8-26)15(29)24-11(17(31)32)5-7-33-2/h9-13,26-27H,3-8,19H2,1-2H3,(H,23,30)(H,24,29)(H,25,28)(H,31,32)(H4,20,21,22). The number of nitrogens with one attached hydrogen (secondary N) is 3. The van der Waals surface area contributed by atoms with Gasteiger partial charge in [-0.1, -0.05) is 0 Å². The molecular weight excluding hydrogens is 458 g/mol. The van der Waals surface area contributed by atoms with Gasteiger partial charge in [-0.15, -0.1) is 0 Å². The molecule has 0 aliphatic heterocycles. The van der Waals surface area contributed by atoms with Crippen LogP contribution in [0, 0.1) is 0 Å². The van der Waals surface area contributed by atoms with Crippen LogP contribution in [0.4, 0.5) is 0 Å². The molecule has 0 spiro atoms. The molecule has 14 nitrogen and oxygen atoms in total. The van der Waals surface area contributed by atoms with Crippen molar-refractivity contribution in [3.05, 3.63) is 0 Å². The lowest BCUT2D eigenvalue weighted by Crippen LogP contribution is -2.59. The third-order valence-electron chi connectivity index (χ3n) is 4.44. The van der Waals surface area contributed by atoms with Crippen molar-refractivity contribution in [2.45, 2.75) is 56.5 Å². The molecule has 0 aromatic heterocycles. The zero-order valence-corrected chi connectivity index (χ0v) is 19.5. The van der Waals surface area contributed by atoms with Crippen molar-refractivity contribution in [1.82, 2.24) is 16.0 Å².